The second-order valence-corrected chi connectivity index (χ2v) is 4.10. The maximum absolute atomic E-state index is 8.96. The number of nitrogens with zero attached hydrogens (tertiary/aromatic N) is 2. The Morgan fingerprint density at radius 1 is 1.42 bits per heavy atom. The molecule has 0 amide bonds. The van der Waals surface area contributed by atoms with E-state index in [2.05, 4.69) is 17.9 Å². The van der Waals surface area contributed by atoms with Gasteiger partial charge >= 0.3 is 0 Å². The van der Waals surface area contributed by atoms with Gasteiger partial charge in [-0.2, -0.15) is 5.26 Å². The molecule has 1 unspecified atom stereocenters. The molecule has 0 fully saturated rings. The van der Waals surface area contributed by atoms with Crippen LogP contribution < -0.4 is 0 Å². The Kier molecular flexibility index (Phi) is 4.26. The zero-order chi connectivity index (χ0) is 9.78. The second kappa shape index (κ2) is 4.47. The van der Waals surface area contributed by atoms with E-state index in [-0.39, 0.29) is 5.41 Å². The second-order valence-electron chi connectivity index (χ2n) is 4.10. The molecule has 2 heteroatoms. The van der Waals surface area contributed by atoms with Crippen LogP contribution in [0.4, 0.5) is 0 Å². The maximum Gasteiger partial charge on any atom is 0.0700 e. The summed E-state index contributed by atoms with van der Waals surface area (Å²) in [5.41, 5.74) is -0.237. The molecule has 0 N–H and O–H groups in total. The Labute approximate surface area is 76.2 Å². The largest absolute Gasteiger partial charge is 0.305 e. The number of nitriles is 1. The van der Waals surface area contributed by atoms with Crippen molar-refractivity contribution in [1.29, 1.82) is 5.26 Å². The Morgan fingerprint density at radius 3 is 2.17 bits per heavy atom. The fraction of sp³-hybridized carbons (Fsp3) is 0.900. The molecular weight excluding hydrogens is 148 g/mol. The summed E-state index contributed by atoms with van der Waals surface area (Å²) in [6.45, 7) is 6.17. The number of rotatable bonds is 4. The van der Waals surface area contributed by atoms with Gasteiger partial charge in [-0.05, 0) is 34.4 Å². The van der Waals surface area contributed by atoms with Crippen molar-refractivity contribution in [2.24, 2.45) is 5.41 Å². The first-order valence-corrected chi connectivity index (χ1v) is 4.53. The third kappa shape index (κ3) is 2.83. The molecule has 0 aromatic carbocycles. The van der Waals surface area contributed by atoms with Gasteiger partial charge in [-0.3, -0.25) is 0 Å². The van der Waals surface area contributed by atoms with Crippen LogP contribution in [0, 0.1) is 16.7 Å². The zero-order valence-corrected chi connectivity index (χ0v) is 8.89. The van der Waals surface area contributed by atoms with Crippen molar-refractivity contribution < 1.29 is 0 Å². The predicted octanol–water partition coefficient (Wildman–Crippen LogP) is 2.27. The summed E-state index contributed by atoms with van der Waals surface area (Å²) in [6, 6.07) is 2.73. The fourth-order valence-corrected chi connectivity index (χ4v) is 1.61. The van der Waals surface area contributed by atoms with Crippen LogP contribution in [-0.2, 0) is 0 Å². The number of hydrogen-bond acceptors (Lipinski definition) is 2. The van der Waals surface area contributed by atoms with E-state index in [1.54, 1.807) is 0 Å². The first-order chi connectivity index (χ1) is 5.45. The van der Waals surface area contributed by atoms with Gasteiger partial charge in [-0.25, -0.2) is 0 Å². The average Bonchev–Trinajstić information content (AvgIpc) is 1.99. The smallest absolute Gasteiger partial charge is 0.0700 e. The van der Waals surface area contributed by atoms with Gasteiger partial charge in [0, 0.05) is 6.04 Å². The van der Waals surface area contributed by atoms with E-state index < -0.39 is 0 Å². The van der Waals surface area contributed by atoms with E-state index >= 15 is 0 Å². The van der Waals surface area contributed by atoms with Gasteiger partial charge in [0.1, 0.15) is 0 Å². The molecule has 0 aliphatic rings. The first-order valence-electron chi connectivity index (χ1n) is 4.53. The summed E-state index contributed by atoms with van der Waals surface area (Å²) in [6.07, 6.45) is 2.22. The van der Waals surface area contributed by atoms with Crippen molar-refractivity contribution in [2.45, 2.75) is 39.7 Å². The summed E-state index contributed by atoms with van der Waals surface area (Å²) in [5, 5.41) is 8.96. The molecule has 12 heavy (non-hydrogen) atoms. The van der Waals surface area contributed by atoms with Crippen molar-refractivity contribution in [1.82, 2.24) is 4.90 Å². The Bertz CT molecular complexity index is 165. The maximum atomic E-state index is 8.96. The molecule has 2 nitrogen and oxygen atoms in total. The Morgan fingerprint density at radius 2 is 1.92 bits per heavy atom. The third-order valence-electron chi connectivity index (χ3n) is 2.31. The summed E-state index contributed by atoms with van der Waals surface area (Å²) in [4.78, 5) is 2.15. The molecular formula is C10H20N2. The van der Waals surface area contributed by atoms with Crippen molar-refractivity contribution in [3.63, 3.8) is 0 Å². The molecule has 70 valence electrons. The zero-order valence-electron chi connectivity index (χ0n) is 8.89. The molecule has 0 aliphatic carbocycles. The molecule has 0 saturated carbocycles. The Hall–Kier alpha value is -0.550. The van der Waals surface area contributed by atoms with Crippen molar-refractivity contribution >= 4 is 0 Å². The standard InChI is InChI=1S/C10H20N2/c1-6-7-9(12(4)5)10(2,3)8-11/h9H,6-7H2,1-5H3. The lowest BCUT2D eigenvalue weighted by Gasteiger charge is -2.33. The van der Waals surface area contributed by atoms with E-state index in [0.29, 0.717) is 6.04 Å². The highest BCUT2D eigenvalue weighted by Crippen LogP contribution is 2.26. The quantitative estimate of drug-likeness (QED) is 0.644. The van der Waals surface area contributed by atoms with E-state index in [4.69, 9.17) is 5.26 Å². The predicted molar refractivity (Wildman–Crippen MR) is 51.8 cm³/mol. The highest BCUT2D eigenvalue weighted by molar-refractivity contribution is 5.00. The van der Waals surface area contributed by atoms with E-state index in [0.717, 1.165) is 12.8 Å². The van der Waals surface area contributed by atoms with Crippen molar-refractivity contribution in [3.05, 3.63) is 0 Å². The van der Waals surface area contributed by atoms with Crippen LogP contribution in [0.15, 0.2) is 0 Å². The van der Waals surface area contributed by atoms with Gasteiger partial charge in [-0.15, -0.1) is 0 Å². The summed E-state index contributed by atoms with van der Waals surface area (Å²) >= 11 is 0. The Balaban J connectivity index is 4.41. The summed E-state index contributed by atoms with van der Waals surface area (Å²) < 4.78 is 0. The molecule has 0 aromatic heterocycles. The lowest BCUT2D eigenvalue weighted by atomic mass is 9.83. The molecule has 0 bridgehead atoms. The summed E-state index contributed by atoms with van der Waals surface area (Å²) in [5.74, 6) is 0. The van der Waals surface area contributed by atoms with Crippen LogP contribution in [0.3, 0.4) is 0 Å². The topological polar surface area (TPSA) is 27.0 Å². The van der Waals surface area contributed by atoms with Crippen LogP contribution >= 0.6 is 0 Å². The molecule has 0 aromatic rings. The summed E-state index contributed by atoms with van der Waals surface area (Å²) in [7, 11) is 4.08. The molecule has 1 atom stereocenters. The molecule has 0 radical (unpaired) electrons. The van der Waals surface area contributed by atoms with Crippen LogP contribution in [0.1, 0.15) is 33.6 Å². The monoisotopic (exact) mass is 168 g/mol. The van der Waals surface area contributed by atoms with E-state index in [9.17, 15) is 0 Å². The molecule has 0 rings (SSSR count). The molecule has 0 aliphatic heterocycles. The molecule has 0 heterocycles. The van der Waals surface area contributed by atoms with Gasteiger partial charge in [0.25, 0.3) is 0 Å². The minimum Gasteiger partial charge on any atom is -0.305 e. The van der Waals surface area contributed by atoms with E-state index in [1.807, 2.05) is 27.9 Å². The molecule has 0 saturated heterocycles. The SMILES string of the molecule is CCCC(N(C)C)C(C)(C)C#N. The minimum absolute atomic E-state index is 0.237. The average molecular weight is 168 g/mol. The van der Waals surface area contributed by atoms with Crippen LogP contribution in [0.25, 0.3) is 0 Å². The van der Waals surface area contributed by atoms with Crippen LogP contribution in [0.2, 0.25) is 0 Å². The van der Waals surface area contributed by atoms with Gasteiger partial charge in [0.2, 0.25) is 0 Å². The van der Waals surface area contributed by atoms with Crippen LogP contribution in [0.5, 0.6) is 0 Å². The highest BCUT2D eigenvalue weighted by atomic mass is 15.1. The lowest BCUT2D eigenvalue weighted by molar-refractivity contribution is 0.171. The molecule has 0 spiro atoms. The lowest BCUT2D eigenvalue weighted by Crippen LogP contribution is -2.40. The van der Waals surface area contributed by atoms with Crippen LogP contribution in [-0.4, -0.2) is 25.0 Å². The van der Waals surface area contributed by atoms with Gasteiger partial charge in [-0.1, -0.05) is 13.3 Å². The van der Waals surface area contributed by atoms with Gasteiger partial charge < -0.3 is 4.90 Å². The normalized spacial score (nSPS) is 14.4. The van der Waals surface area contributed by atoms with Crippen molar-refractivity contribution in [3.8, 4) is 6.07 Å². The van der Waals surface area contributed by atoms with Gasteiger partial charge in [0.15, 0.2) is 0 Å². The first kappa shape index (κ1) is 11.4. The minimum atomic E-state index is -0.237. The van der Waals surface area contributed by atoms with Gasteiger partial charge in [0.05, 0.1) is 11.5 Å². The third-order valence-corrected chi connectivity index (χ3v) is 2.31. The highest BCUT2D eigenvalue weighted by Gasteiger charge is 2.29. The van der Waals surface area contributed by atoms with Crippen molar-refractivity contribution in [2.75, 3.05) is 14.1 Å². The van der Waals surface area contributed by atoms with E-state index in [1.165, 1.54) is 0 Å². The number of hydrogen-bond donors (Lipinski definition) is 0. The fourth-order valence-electron chi connectivity index (χ4n) is 1.61.